The van der Waals surface area contributed by atoms with Gasteiger partial charge in [-0.25, -0.2) is 15.0 Å². The number of benzene rings is 3. The third-order valence-electron chi connectivity index (χ3n) is 5.53. The quantitative estimate of drug-likeness (QED) is 0.334. The van der Waals surface area contributed by atoms with Crippen LogP contribution in [0.5, 0.6) is 0 Å². The van der Waals surface area contributed by atoms with Crippen LogP contribution in [0.4, 0.5) is 18.9 Å². The molecule has 11 heteroatoms. The van der Waals surface area contributed by atoms with Gasteiger partial charge in [-0.2, -0.15) is 13.2 Å². The number of imidazole rings is 1. The number of carboxylic acid groups (broad SMARTS) is 1. The molecule has 2 aromatic heterocycles. The van der Waals surface area contributed by atoms with Gasteiger partial charge in [0.25, 0.3) is 0 Å². The molecule has 0 aliphatic carbocycles. The molecule has 0 aliphatic rings. The van der Waals surface area contributed by atoms with Crippen molar-refractivity contribution in [1.29, 1.82) is 0 Å². The molecule has 7 nitrogen and oxygen atoms in total. The summed E-state index contributed by atoms with van der Waals surface area (Å²) in [4.78, 5) is 33.1. The van der Waals surface area contributed by atoms with Crippen molar-refractivity contribution in [3.05, 3.63) is 101 Å². The lowest BCUT2D eigenvalue weighted by atomic mass is 9.91. The zero-order valence-electron chi connectivity index (χ0n) is 19.7. The number of aromatic nitrogens is 3. The van der Waals surface area contributed by atoms with Gasteiger partial charge in [0.15, 0.2) is 16.7 Å². The minimum atomic E-state index is -5.19. The summed E-state index contributed by atoms with van der Waals surface area (Å²) >= 11 is 1.55. The van der Waals surface area contributed by atoms with Gasteiger partial charge in [-0.15, -0.1) is 11.3 Å². The number of halogens is 3. The molecular weight excluding hydrogens is 517 g/mol. The molecule has 1 atom stereocenters. The number of amides is 1. The average molecular weight is 539 g/mol. The molecule has 0 radical (unpaired) electrons. The summed E-state index contributed by atoms with van der Waals surface area (Å²) in [5, 5.41) is 13.9. The van der Waals surface area contributed by atoms with Crippen molar-refractivity contribution in [3.8, 4) is 11.5 Å². The Morgan fingerprint density at radius 2 is 1.68 bits per heavy atom. The van der Waals surface area contributed by atoms with Gasteiger partial charge in [-0.05, 0) is 29.7 Å². The van der Waals surface area contributed by atoms with Crippen molar-refractivity contribution < 1.29 is 32.9 Å². The van der Waals surface area contributed by atoms with Crippen molar-refractivity contribution in [2.45, 2.75) is 18.5 Å². The molecule has 1 unspecified atom stereocenters. The van der Waals surface area contributed by atoms with Crippen molar-refractivity contribution in [2.75, 3.05) is 5.32 Å². The number of thiazole rings is 1. The van der Waals surface area contributed by atoms with Crippen LogP contribution in [0.25, 0.3) is 22.6 Å². The Hall–Kier alpha value is -4.51. The number of hydrogen-bond acceptors (Lipinski definition) is 5. The number of anilines is 1. The first-order chi connectivity index (χ1) is 18.2. The second-order valence-corrected chi connectivity index (χ2v) is 8.91. The summed E-state index contributed by atoms with van der Waals surface area (Å²) in [6, 6.07) is 25.9. The van der Waals surface area contributed by atoms with Gasteiger partial charge in [0.2, 0.25) is 5.91 Å². The largest absolute Gasteiger partial charge is 0.542 e. The third kappa shape index (κ3) is 6.83. The summed E-state index contributed by atoms with van der Waals surface area (Å²) in [5.41, 5.74) is 7.45. The number of alkyl halides is 3. The topological polar surface area (TPSA) is 112 Å². The highest BCUT2D eigenvalue weighted by Gasteiger charge is 2.28. The van der Waals surface area contributed by atoms with Crippen LogP contribution in [0.15, 0.2) is 89.8 Å². The fraction of sp³-hybridized carbons (Fsp3) is 0.111. The average Bonchev–Trinajstić information content (AvgIpc) is 3.58. The van der Waals surface area contributed by atoms with Crippen molar-refractivity contribution >= 4 is 39.9 Å². The highest BCUT2D eigenvalue weighted by molar-refractivity contribution is 7.07. The van der Waals surface area contributed by atoms with Gasteiger partial charge in [0.05, 0.1) is 11.4 Å². The Balaban J connectivity index is 0.000000426. The smallest absolute Gasteiger partial charge is 0.430 e. The summed E-state index contributed by atoms with van der Waals surface area (Å²) in [6.45, 7) is 0. The predicted molar refractivity (Wildman–Crippen MR) is 135 cm³/mol. The SMILES string of the molecule is O=C(Nc1ccc2[nH+]c(-c3cscn3)[nH]c2c1)C(Cc1ccccc1)c1ccccc1.O=C([O-])C(F)(F)F. The zero-order chi connectivity index (χ0) is 27.1. The van der Waals surface area contributed by atoms with Crippen LogP contribution in [0.3, 0.4) is 0 Å². The molecule has 5 rings (SSSR count). The summed E-state index contributed by atoms with van der Waals surface area (Å²) in [5.74, 6) is -2.46. The van der Waals surface area contributed by atoms with Crippen LogP contribution in [-0.2, 0) is 16.0 Å². The fourth-order valence-electron chi connectivity index (χ4n) is 3.73. The van der Waals surface area contributed by atoms with Crippen molar-refractivity contribution in [2.24, 2.45) is 0 Å². The van der Waals surface area contributed by atoms with Gasteiger partial charge in [0.1, 0.15) is 5.97 Å². The number of nitrogens with zero attached hydrogens (tertiary/aromatic N) is 1. The zero-order valence-corrected chi connectivity index (χ0v) is 20.5. The number of fused-ring (bicyclic) bond motifs is 1. The fourth-order valence-corrected chi connectivity index (χ4v) is 4.27. The number of aromatic amines is 2. The molecule has 3 aromatic carbocycles. The normalized spacial score (nSPS) is 11.9. The van der Waals surface area contributed by atoms with Gasteiger partial charge >= 0.3 is 12.0 Å². The number of H-pyrrole nitrogens is 2. The molecule has 0 spiro atoms. The highest BCUT2D eigenvalue weighted by Crippen LogP contribution is 2.25. The van der Waals surface area contributed by atoms with E-state index >= 15 is 0 Å². The van der Waals surface area contributed by atoms with Gasteiger partial charge in [0, 0.05) is 17.1 Å². The standard InChI is InChI=1S/C25H20N4OS.C2HF3O2/c30-25(20(18-9-5-2-6-10-18)13-17-7-3-1-4-8-17)27-19-11-12-21-22(14-19)29-24(28-21)23-15-31-16-26-23;3-2(4,5)1(6)7/h1-12,14-16,20H,13H2,(H,27,30)(H,28,29);(H,6,7). The Morgan fingerprint density at radius 3 is 2.29 bits per heavy atom. The molecule has 1 amide bonds. The summed E-state index contributed by atoms with van der Waals surface area (Å²) in [6.07, 6.45) is -4.55. The van der Waals surface area contributed by atoms with E-state index in [9.17, 15) is 18.0 Å². The van der Waals surface area contributed by atoms with Gasteiger partial charge < -0.3 is 15.2 Å². The highest BCUT2D eigenvalue weighted by atomic mass is 32.1. The van der Waals surface area contributed by atoms with E-state index in [1.807, 2.05) is 72.1 Å². The Labute approximate surface area is 219 Å². The minimum absolute atomic E-state index is 0.0235. The molecule has 0 aliphatic heterocycles. The molecule has 0 fully saturated rings. The third-order valence-corrected chi connectivity index (χ3v) is 6.11. The molecule has 3 N–H and O–H groups in total. The van der Waals surface area contributed by atoms with Gasteiger partial charge in [-0.1, -0.05) is 60.7 Å². The van der Waals surface area contributed by atoms with Crippen LogP contribution in [0.1, 0.15) is 17.0 Å². The van der Waals surface area contributed by atoms with Crippen molar-refractivity contribution in [3.63, 3.8) is 0 Å². The molecule has 0 bridgehead atoms. The molecule has 0 saturated heterocycles. The predicted octanol–water partition coefficient (Wildman–Crippen LogP) is 4.37. The lowest BCUT2D eigenvalue weighted by Crippen LogP contribution is -2.37. The number of carboxylic acids is 1. The monoisotopic (exact) mass is 538 g/mol. The van der Waals surface area contributed by atoms with Crippen molar-refractivity contribution in [1.82, 2.24) is 9.97 Å². The molecule has 38 heavy (non-hydrogen) atoms. The summed E-state index contributed by atoms with van der Waals surface area (Å²) < 4.78 is 31.5. The number of nitrogens with one attached hydrogen (secondary N) is 3. The minimum Gasteiger partial charge on any atom is -0.542 e. The van der Waals surface area contributed by atoms with Crippen LogP contribution in [0.2, 0.25) is 0 Å². The number of hydrogen-bond donors (Lipinski definition) is 2. The summed E-state index contributed by atoms with van der Waals surface area (Å²) in [7, 11) is 0. The molecular formula is C27H21F3N4O3S. The lowest BCUT2D eigenvalue weighted by Gasteiger charge is -2.17. The first-order valence-electron chi connectivity index (χ1n) is 11.3. The number of rotatable bonds is 6. The van der Waals surface area contributed by atoms with E-state index in [4.69, 9.17) is 9.90 Å². The second kappa shape index (κ2) is 11.7. The van der Waals surface area contributed by atoms with E-state index in [1.165, 1.54) is 0 Å². The maximum absolute atomic E-state index is 13.3. The van der Waals surface area contributed by atoms with E-state index in [-0.39, 0.29) is 11.8 Å². The van der Waals surface area contributed by atoms with Crippen LogP contribution >= 0.6 is 11.3 Å². The van der Waals surface area contributed by atoms with E-state index in [0.29, 0.717) is 6.42 Å². The molecule has 5 aromatic rings. The van der Waals surface area contributed by atoms with Crippen LogP contribution in [0, 0.1) is 0 Å². The molecule has 0 saturated carbocycles. The Kier molecular flexibility index (Phi) is 8.17. The van der Waals surface area contributed by atoms with E-state index in [0.717, 1.165) is 39.4 Å². The molecule has 194 valence electrons. The van der Waals surface area contributed by atoms with E-state index in [1.54, 1.807) is 16.8 Å². The van der Waals surface area contributed by atoms with E-state index < -0.39 is 12.1 Å². The van der Waals surface area contributed by atoms with Gasteiger partial charge in [-0.3, -0.25) is 4.79 Å². The lowest BCUT2D eigenvalue weighted by molar-refractivity contribution is -0.344. The maximum Gasteiger partial charge on any atom is 0.430 e. The Morgan fingerprint density at radius 1 is 1.03 bits per heavy atom. The number of carbonyl (C=O) groups is 2. The first-order valence-corrected chi connectivity index (χ1v) is 12.3. The number of aliphatic carboxylic acids is 1. The van der Waals surface area contributed by atoms with E-state index in [2.05, 4.69) is 32.4 Å². The second-order valence-electron chi connectivity index (χ2n) is 8.19. The Bertz CT molecular complexity index is 1510. The first kappa shape index (κ1) is 26.6. The number of carbonyl (C=O) groups excluding carboxylic acids is 2. The van der Waals surface area contributed by atoms with Crippen LogP contribution in [-0.4, -0.2) is 28.0 Å². The maximum atomic E-state index is 13.3. The molecule has 2 heterocycles. The van der Waals surface area contributed by atoms with Crippen LogP contribution < -0.4 is 15.4 Å².